The molecule has 0 aromatic carbocycles. The van der Waals surface area contributed by atoms with Crippen LogP contribution < -0.4 is 16.2 Å². The van der Waals surface area contributed by atoms with Gasteiger partial charge in [0, 0.05) is 19.1 Å². The molecule has 1 unspecified atom stereocenters. The topological polar surface area (TPSA) is 94.7 Å². The quantitative estimate of drug-likeness (QED) is 0.467. The van der Waals surface area contributed by atoms with E-state index in [1.807, 2.05) is 0 Å². The summed E-state index contributed by atoms with van der Waals surface area (Å²) < 4.78 is 0. The zero-order valence-corrected chi connectivity index (χ0v) is 7.58. The van der Waals surface area contributed by atoms with E-state index in [9.17, 15) is 4.79 Å². The summed E-state index contributed by atoms with van der Waals surface area (Å²) in [6, 6.07) is 0.293. The van der Waals surface area contributed by atoms with Crippen LogP contribution in [0.25, 0.3) is 0 Å². The van der Waals surface area contributed by atoms with Crippen LogP contribution in [-0.4, -0.2) is 40.2 Å². The van der Waals surface area contributed by atoms with Crippen molar-refractivity contribution >= 4 is 5.91 Å². The van der Waals surface area contributed by atoms with Crippen molar-refractivity contribution in [1.82, 2.24) is 31.3 Å². The predicted molar refractivity (Wildman–Crippen MR) is 48.3 cm³/mol. The fourth-order valence-electron chi connectivity index (χ4n) is 1.30. The van der Waals surface area contributed by atoms with Gasteiger partial charge < -0.3 is 5.32 Å². The van der Waals surface area contributed by atoms with Gasteiger partial charge in [-0.05, 0) is 6.42 Å². The zero-order chi connectivity index (χ0) is 9.80. The van der Waals surface area contributed by atoms with Crippen LogP contribution >= 0.6 is 0 Å². The summed E-state index contributed by atoms with van der Waals surface area (Å²) in [5.41, 5.74) is 6.04. The minimum Gasteiger partial charge on any atom is -0.348 e. The Bertz CT molecular complexity index is 291. The third-order valence-electron chi connectivity index (χ3n) is 2.06. The van der Waals surface area contributed by atoms with Gasteiger partial charge in [0.1, 0.15) is 6.33 Å². The van der Waals surface area contributed by atoms with E-state index in [1.165, 1.54) is 6.33 Å². The van der Waals surface area contributed by atoms with E-state index >= 15 is 0 Å². The van der Waals surface area contributed by atoms with Gasteiger partial charge in [0.15, 0.2) is 0 Å². The first kappa shape index (κ1) is 9.10. The molecule has 1 aromatic heterocycles. The summed E-state index contributed by atoms with van der Waals surface area (Å²) in [6.45, 7) is 1.52. The molecule has 1 aliphatic rings. The van der Waals surface area contributed by atoms with Gasteiger partial charge in [-0.25, -0.2) is 4.98 Å². The van der Waals surface area contributed by atoms with Crippen LogP contribution in [0.15, 0.2) is 6.33 Å². The molecule has 4 N–H and O–H groups in total. The number of H-pyrrole nitrogens is 1. The number of carbonyl (C=O) groups excluding carboxylic acids is 1. The lowest BCUT2D eigenvalue weighted by Gasteiger charge is -2.09. The molecule has 1 atom stereocenters. The predicted octanol–water partition coefficient (Wildman–Crippen LogP) is -1.60. The van der Waals surface area contributed by atoms with Crippen molar-refractivity contribution < 1.29 is 4.79 Å². The third kappa shape index (κ3) is 2.06. The molecule has 0 spiro atoms. The number of rotatable bonds is 3. The van der Waals surface area contributed by atoms with Crippen LogP contribution in [0.5, 0.6) is 0 Å². The lowest BCUT2D eigenvalue weighted by molar-refractivity contribution is 0.0940. The largest absolute Gasteiger partial charge is 0.348 e. The van der Waals surface area contributed by atoms with Crippen molar-refractivity contribution in [1.29, 1.82) is 0 Å². The highest BCUT2D eigenvalue weighted by Crippen LogP contribution is 1.94. The summed E-state index contributed by atoms with van der Waals surface area (Å²) in [5, 5.41) is 8.85. The van der Waals surface area contributed by atoms with Gasteiger partial charge in [-0.1, -0.05) is 0 Å². The molecular formula is C7H12N6O. The molecule has 7 heteroatoms. The molecule has 7 nitrogen and oxygen atoms in total. The van der Waals surface area contributed by atoms with Crippen molar-refractivity contribution in [2.45, 2.75) is 12.5 Å². The van der Waals surface area contributed by atoms with Gasteiger partial charge in [-0.3, -0.25) is 20.7 Å². The van der Waals surface area contributed by atoms with Gasteiger partial charge in [0.05, 0.1) is 0 Å². The standard InChI is InChI=1S/C7H12N6O/c14-7(6-9-4-11-13-6)8-3-5-1-2-10-12-5/h4-5,10,12H,1-3H2,(H,8,14)(H,9,11,13). The van der Waals surface area contributed by atoms with Crippen molar-refractivity contribution in [2.24, 2.45) is 0 Å². The zero-order valence-electron chi connectivity index (χ0n) is 7.58. The highest BCUT2D eigenvalue weighted by Gasteiger charge is 2.15. The highest BCUT2D eigenvalue weighted by atomic mass is 16.2. The van der Waals surface area contributed by atoms with Crippen LogP contribution in [-0.2, 0) is 0 Å². The molecule has 1 aromatic rings. The van der Waals surface area contributed by atoms with Gasteiger partial charge >= 0.3 is 0 Å². The van der Waals surface area contributed by atoms with Crippen LogP contribution in [0, 0.1) is 0 Å². The van der Waals surface area contributed by atoms with E-state index in [4.69, 9.17) is 0 Å². The van der Waals surface area contributed by atoms with Crippen molar-refractivity contribution in [3.63, 3.8) is 0 Å². The SMILES string of the molecule is O=C(NCC1CCNN1)c1ncn[nH]1. The molecule has 1 amide bonds. The summed E-state index contributed by atoms with van der Waals surface area (Å²) in [7, 11) is 0. The van der Waals surface area contributed by atoms with Crippen molar-refractivity contribution in [2.75, 3.05) is 13.1 Å². The average molecular weight is 196 g/mol. The molecule has 0 radical (unpaired) electrons. The second kappa shape index (κ2) is 4.16. The second-order valence-corrected chi connectivity index (χ2v) is 3.10. The molecular weight excluding hydrogens is 184 g/mol. The molecule has 76 valence electrons. The number of aromatic nitrogens is 3. The molecule has 2 rings (SSSR count). The second-order valence-electron chi connectivity index (χ2n) is 3.10. The van der Waals surface area contributed by atoms with Gasteiger partial charge in [0.25, 0.3) is 5.91 Å². The van der Waals surface area contributed by atoms with Crippen LogP contribution in [0.3, 0.4) is 0 Å². The Kier molecular flexibility index (Phi) is 2.70. The fraction of sp³-hybridized carbons (Fsp3) is 0.571. The van der Waals surface area contributed by atoms with Crippen molar-refractivity contribution in [3.8, 4) is 0 Å². The molecule has 0 saturated carbocycles. The van der Waals surface area contributed by atoms with E-state index in [1.54, 1.807) is 0 Å². The first-order valence-corrected chi connectivity index (χ1v) is 4.48. The minimum atomic E-state index is -0.226. The molecule has 1 fully saturated rings. The Morgan fingerprint density at radius 2 is 2.64 bits per heavy atom. The Morgan fingerprint density at radius 3 is 3.29 bits per heavy atom. The third-order valence-corrected chi connectivity index (χ3v) is 2.06. The number of nitrogens with zero attached hydrogens (tertiary/aromatic N) is 2. The smallest absolute Gasteiger partial charge is 0.288 e. The first-order chi connectivity index (χ1) is 6.86. The average Bonchev–Trinajstić information content (AvgIpc) is 2.87. The number of aromatic amines is 1. The van der Waals surface area contributed by atoms with Crippen molar-refractivity contribution in [3.05, 3.63) is 12.2 Å². The normalized spacial score (nSPS) is 21.0. The number of amides is 1. The van der Waals surface area contributed by atoms with E-state index in [2.05, 4.69) is 31.3 Å². The molecule has 1 aliphatic heterocycles. The minimum absolute atomic E-state index is 0.226. The Hall–Kier alpha value is -1.47. The fourth-order valence-corrected chi connectivity index (χ4v) is 1.30. The van der Waals surface area contributed by atoms with E-state index < -0.39 is 0 Å². The Morgan fingerprint density at radius 1 is 1.71 bits per heavy atom. The molecule has 0 bridgehead atoms. The Labute approximate surface area is 80.6 Å². The summed E-state index contributed by atoms with van der Waals surface area (Å²) in [6.07, 6.45) is 2.32. The van der Waals surface area contributed by atoms with E-state index in [0.29, 0.717) is 12.6 Å². The number of hydrogen-bond donors (Lipinski definition) is 4. The lowest BCUT2D eigenvalue weighted by Crippen LogP contribution is -2.40. The van der Waals surface area contributed by atoms with Gasteiger partial charge in [-0.2, -0.15) is 5.10 Å². The van der Waals surface area contributed by atoms with Crippen LogP contribution in [0.2, 0.25) is 0 Å². The summed E-state index contributed by atoms with van der Waals surface area (Å²) in [5.74, 6) is 0.0205. The van der Waals surface area contributed by atoms with E-state index in [0.717, 1.165) is 13.0 Å². The molecule has 14 heavy (non-hydrogen) atoms. The van der Waals surface area contributed by atoms with Gasteiger partial charge in [0.2, 0.25) is 5.82 Å². The summed E-state index contributed by atoms with van der Waals surface area (Å²) in [4.78, 5) is 15.1. The summed E-state index contributed by atoms with van der Waals surface area (Å²) >= 11 is 0. The molecule has 0 aliphatic carbocycles. The van der Waals surface area contributed by atoms with E-state index in [-0.39, 0.29) is 11.7 Å². The maximum absolute atomic E-state index is 11.4. The van der Waals surface area contributed by atoms with Crippen LogP contribution in [0.1, 0.15) is 17.0 Å². The number of carbonyl (C=O) groups is 1. The maximum Gasteiger partial charge on any atom is 0.288 e. The first-order valence-electron chi connectivity index (χ1n) is 4.48. The number of hydrogen-bond acceptors (Lipinski definition) is 5. The number of nitrogens with one attached hydrogen (secondary N) is 4. The van der Waals surface area contributed by atoms with Gasteiger partial charge in [-0.15, -0.1) is 0 Å². The Balaban J connectivity index is 1.78. The maximum atomic E-state index is 11.4. The highest BCUT2D eigenvalue weighted by molar-refractivity contribution is 5.90. The monoisotopic (exact) mass is 196 g/mol. The molecule has 1 saturated heterocycles. The number of hydrazine groups is 1. The molecule has 2 heterocycles. The van der Waals surface area contributed by atoms with Crippen LogP contribution in [0.4, 0.5) is 0 Å². The lowest BCUT2D eigenvalue weighted by atomic mass is 10.2.